The minimum atomic E-state index is -0.953. The molecule has 0 radical (unpaired) electrons. The van der Waals surface area contributed by atoms with Crippen molar-refractivity contribution in [3.05, 3.63) is 29.8 Å². The van der Waals surface area contributed by atoms with E-state index >= 15 is 0 Å². The van der Waals surface area contributed by atoms with Crippen LogP contribution in [0.2, 0.25) is 0 Å². The second-order valence-corrected chi connectivity index (χ2v) is 3.22. The van der Waals surface area contributed by atoms with Gasteiger partial charge >= 0.3 is 5.97 Å². The Morgan fingerprint density at radius 1 is 1.33 bits per heavy atom. The molecule has 0 amide bonds. The van der Waals surface area contributed by atoms with Crippen molar-refractivity contribution in [1.82, 2.24) is 4.90 Å². The van der Waals surface area contributed by atoms with Gasteiger partial charge in [-0.1, -0.05) is 0 Å². The molecule has 3 N–H and O–H groups in total. The number of carboxylic acids is 1. The number of aromatic carboxylic acids is 1. The Hall–Kier alpha value is -2.04. The van der Waals surface area contributed by atoms with Gasteiger partial charge in [-0.25, -0.2) is 9.79 Å². The van der Waals surface area contributed by atoms with Crippen molar-refractivity contribution in [2.75, 3.05) is 14.1 Å². The van der Waals surface area contributed by atoms with E-state index in [1.807, 2.05) is 0 Å². The lowest BCUT2D eigenvalue weighted by molar-refractivity contribution is 0.0697. The molecule has 0 aromatic heterocycles. The molecular formula is C10H13N3O2. The molecule has 0 bridgehead atoms. The summed E-state index contributed by atoms with van der Waals surface area (Å²) in [6.45, 7) is 0. The topological polar surface area (TPSA) is 78.9 Å². The highest BCUT2D eigenvalue weighted by Gasteiger charge is 2.01. The number of nitrogens with zero attached hydrogens (tertiary/aromatic N) is 2. The molecule has 0 aliphatic heterocycles. The van der Waals surface area contributed by atoms with Crippen LogP contribution in [-0.2, 0) is 0 Å². The van der Waals surface area contributed by atoms with Crippen LogP contribution in [0.1, 0.15) is 10.4 Å². The van der Waals surface area contributed by atoms with Crippen LogP contribution < -0.4 is 5.73 Å². The highest BCUT2D eigenvalue weighted by Crippen LogP contribution is 2.12. The van der Waals surface area contributed by atoms with Crippen LogP contribution >= 0.6 is 0 Å². The van der Waals surface area contributed by atoms with E-state index < -0.39 is 5.97 Å². The Labute approximate surface area is 87.8 Å². The molecule has 0 heterocycles. The average Bonchev–Trinajstić information content (AvgIpc) is 2.18. The second kappa shape index (κ2) is 4.45. The number of guanidine groups is 1. The molecule has 0 spiro atoms. The number of nitrogens with two attached hydrogens (primary N) is 1. The maximum atomic E-state index is 10.6. The predicted molar refractivity (Wildman–Crippen MR) is 58.4 cm³/mol. The number of rotatable bonds is 2. The number of carbonyl (C=O) groups is 1. The quantitative estimate of drug-likeness (QED) is 0.557. The van der Waals surface area contributed by atoms with Crippen molar-refractivity contribution in [2.45, 2.75) is 0 Å². The van der Waals surface area contributed by atoms with Crippen molar-refractivity contribution in [1.29, 1.82) is 0 Å². The van der Waals surface area contributed by atoms with Gasteiger partial charge in [0.15, 0.2) is 5.96 Å². The first-order chi connectivity index (χ1) is 7.00. The summed E-state index contributed by atoms with van der Waals surface area (Å²) in [7, 11) is 3.56. The number of benzene rings is 1. The molecular weight excluding hydrogens is 194 g/mol. The zero-order valence-corrected chi connectivity index (χ0v) is 8.64. The first-order valence-electron chi connectivity index (χ1n) is 4.35. The molecule has 1 aromatic rings. The monoisotopic (exact) mass is 207 g/mol. The molecule has 80 valence electrons. The zero-order valence-electron chi connectivity index (χ0n) is 8.64. The van der Waals surface area contributed by atoms with Crippen molar-refractivity contribution >= 4 is 17.6 Å². The smallest absolute Gasteiger partial charge is 0.335 e. The van der Waals surface area contributed by atoms with Crippen LogP contribution in [0.25, 0.3) is 0 Å². The highest BCUT2D eigenvalue weighted by molar-refractivity contribution is 5.88. The van der Waals surface area contributed by atoms with E-state index in [4.69, 9.17) is 10.8 Å². The summed E-state index contributed by atoms with van der Waals surface area (Å²) >= 11 is 0. The van der Waals surface area contributed by atoms with Gasteiger partial charge in [-0.2, -0.15) is 0 Å². The van der Waals surface area contributed by atoms with Gasteiger partial charge in [0.2, 0.25) is 0 Å². The third-order valence-corrected chi connectivity index (χ3v) is 1.82. The van der Waals surface area contributed by atoms with Crippen LogP contribution in [0.3, 0.4) is 0 Å². The van der Waals surface area contributed by atoms with E-state index in [9.17, 15) is 4.79 Å². The lowest BCUT2D eigenvalue weighted by atomic mass is 10.2. The molecule has 0 unspecified atom stereocenters. The Morgan fingerprint density at radius 2 is 1.87 bits per heavy atom. The molecule has 0 saturated carbocycles. The molecule has 0 saturated heterocycles. The van der Waals surface area contributed by atoms with Crippen LogP contribution in [-0.4, -0.2) is 36.0 Å². The van der Waals surface area contributed by atoms with Gasteiger partial charge in [0.25, 0.3) is 0 Å². The Kier molecular flexibility index (Phi) is 3.28. The zero-order chi connectivity index (χ0) is 11.4. The fraction of sp³-hybridized carbons (Fsp3) is 0.200. The van der Waals surface area contributed by atoms with Crippen LogP contribution in [0.15, 0.2) is 29.3 Å². The van der Waals surface area contributed by atoms with E-state index in [0.29, 0.717) is 11.6 Å². The van der Waals surface area contributed by atoms with E-state index in [1.54, 1.807) is 31.1 Å². The molecule has 0 atom stereocenters. The first-order valence-corrected chi connectivity index (χ1v) is 4.35. The SMILES string of the molecule is CN(C)C(N)=Nc1ccc(C(=O)O)cc1. The second-order valence-electron chi connectivity index (χ2n) is 3.22. The minimum Gasteiger partial charge on any atom is -0.478 e. The molecule has 5 heteroatoms. The van der Waals surface area contributed by atoms with Gasteiger partial charge in [-0.05, 0) is 24.3 Å². The van der Waals surface area contributed by atoms with Crippen molar-refractivity contribution in [3.8, 4) is 0 Å². The van der Waals surface area contributed by atoms with Gasteiger partial charge in [0.05, 0.1) is 11.3 Å². The number of hydrogen-bond donors (Lipinski definition) is 2. The predicted octanol–water partition coefficient (Wildman–Crippen LogP) is 0.893. The van der Waals surface area contributed by atoms with Crippen LogP contribution in [0.5, 0.6) is 0 Å². The van der Waals surface area contributed by atoms with E-state index in [-0.39, 0.29) is 5.56 Å². The fourth-order valence-electron chi connectivity index (χ4n) is 0.911. The van der Waals surface area contributed by atoms with Gasteiger partial charge < -0.3 is 15.7 Å². The minimum absolute atomic E-state index is 0.234. The van der Waals surface area contributed by atoms with Crippen LogP contribution in [0, 0.1) is 0 Å². The summed E-state index contributed by atoms with van der Waals surface area (Å²) in [5, 5.41) is 8.68. The van der Waals surface area contributed by atoms with E-state index in [1.165, 1.54) is 12.1 Å². The number of aliphatic imine (C=N–C) groups is 1. The lowest BCUT2D eigenvalue weighted by Gasteiger charge is -2.10. The van der Waals surface area contributed by atoms with E-state index in [2.05, 4.69) is 4.99 Å². The first kappa shape index (κ1) is 11.0. The lowest BCUT2D eigenvalue weighted by Crippen LogP contribution is -2.29. The molecule has 0 aliphatic carbocycles. The van der Waals surface area contributed by atoms with Gasteiger partial charge in [-0.15, -0.1) is 0 Å². The summed E-state index contributed by atoms with van der Waals surface area (Å²) in [6.07, 6.45) is 0. The largest absolute Gasteiger partial charge is 0.478 e. The summed E-state index contributed by atoms with van der Waals surface area (Å²) in [5.74, 6) is -0.579. The molecule has 5 nitrogen and oxygen atoms in total. The van der Waals surface area contributed by atoms with Crippen molar-refractivity contribution < 1.29 is 9.90 Å². The Bertz CT molecular complexity index is 382. The average molecular weight is 207 g/mol. The third kappa shape index (κ3) is 2.98. The molecule has 1 aromatic carbocycles. The van der Waals surface area contributed by atoms with Gasteiger partial charge in [0, 0.05) is 14.1 Å². The third-order valence-electron chi connectivity index (χ3n) is 1.82. The highest BCUT2D eigenvalue weighted by atomic mass is 16.4. The van der Waals surface area contributed by atoms with Crippen LogP contribution in [0.4, 0.5) is 5.69 Å². The summed E-state index contributed by atoms with van der Waals surface area (Å²) < 4.78 is 0. The fourth-order valence-corrected chi connectivity index (χ4v) is 0.911. The van der Waals surface area contributed by atoms with Crippen molar-refractivity contribution in [2.24, 2.45) is 10.7 Å². The van der Waals surface area contributed by atoms with Gasteiger partial charge in [0.1, 0.15) is 0 Å². The number of carboxylic acid groups (broad SMARTS) is 1. The summed E-state index contributed by atoms with van der Waals surface area (Å²) in [4.78, 5) is 16.3. The normalized spacial score (nSPS) is 11.2. The molecule has 15 heavy (non-hydrogen) atoms. The Morgan fingerprint density at radius 3 is 2.27 bits per heavy atom. The van der Waals surface area contributed by atoms with Gasteiger partial charge in [-0.3, -0.25) is 0 Å². The molecule has 1 rings (SSSR count). The Balaban J connectivity index is 2.90. The summed E-state index contributed by atoms with van der Waals surface area (Å²) in [6, 6.07) is 6.20. The maximum Gasteiger partial charge on any atom is 0.335 e. The van der Waals surface area contributed by atoms with E-state index in [0.717, 1.165) is 0 Å². The molecule has 0 fully saturated rings. The molecule has 0 aliphatic rings. The standard InChI is InChI=1S/C10H13N3O2/c1-13(2)10(11)12-8-5-3-7(4-6-8)9(14)15/h3-6H,1-2H3,(H2,11,12)(H,14,15). The maximum absolute atomic E-state index is 10.6. The number of hydrogen-bond acceptors (Lipinski definition) is 2. The van der Waals surface area contributed by atoms with Crippen molar-refractivity contribution in [3.63, 3.8) is 0 Å². The summed E-state index contributed by atoms with van der Waals surface area (Å²) in [5.41, 5.74) is 6.47.